The summed E-state index contributed by atoms with van der Waals surface area (Å²) < 4.78 is 11.9. The molecule has 5 nitrogen and oxygen atoms in total. The van der Waals surface area contributed by atoms with Crippen LogP contribution >= 0.6 is 0 Å². The van der Waals surface area contributed by atoms with Crippen molar-refractivity contribution in [1.29, 1.82) is 0 Å². The molecule has 0 spiro atoms. The molecule has 0 aliphatic carbocycles. The van der Waals surface area contributed by atoms with Crippen molar-refractivity contribution in [3.63, 3.8) is 0 Å². The molecular weight excluding hydrogens is 388 g/mol. The number of benzene rings is 3. The first-order chi connectivity index (χ1) is 15.2. The number of methoxy groups -OCH3 is 1. The van der Waals surface area contributed by atoms with E-state index in [0.29, 0.717) is 26.1 Å². The molecule has 5 heteroatoms. The lowest BCUT2D eigenvalue weighted by atomic mass is 10.1. The average Bonchev–Trinajstić information content (AvgIpc) is 3.21. The molecular formula is C26H26N2O3. The number of carbonyl (C=O) groups excluding carboxylic acids is 1. The smallest absolute Gasteiger partial charge is 0.244 e. The van der Waals surface area contributed by atoms with Gasteiger partial charge < -0.3 is 14.4 Å². The number of anilines is 1. The molecule has 5 rings (SSSR count). The molecule has 1 amide bonds. The predicted octanol–water partition coefficient (Wildman–Crippen LogP) is 4.26. The predicted molar refractivity (Wildman–Crippen MR) is 120 cm³/mol. The number of para-hydroxylation sites is 3. The van der Waals surface area contributed by atoms with Gasteiger partial charge in [-0.25, -0.2) is 0 Å². The van der Waals surface area contributed by atoms with Gasteiger partial charge in [-0.2, -0.15) is 0 Å². The summed E-state index contributed by atoms with van der Waals surface area (Å²) in [6, 6.07) is 25.7. The molecule has 2 heterocycles. The van der Waals surface area contributed by atoms with Gasteiger partial charge in [-0.15, -0.1) is 0 Å². The molecule has 2 aliphatic rings. The summed E-state index contributed by atoms with van der Waals surface area (Å²) in [5, 5.41) is 0. The zero-order valence-electron chi connectivity index (χ0n) is 17.6. The number of likely N-dealkylation sites (tertiary alicyclic amines) is 1. The molecule has 0 saturated carbocycles. The lowest BCUT2D eigenvalue weighted by Crippen LogP contribution is -2.45. The van der Waals surface area contributed by atoms with E-state index in [0.717, 1.165) is 28.3 Å². The monoisotopic (exact) mass is 414 g/mol. The summed E-state index contributed by atoms with van der Waals surface area (Å²) >= 11 is 0. The van der Waals surface area contributed by atoms with Crippen molar-refractivity contribution in [2.24, 2.45) is 0 Å². The number of amides is 1. The molecule has 0 aromatic heterocycles. The zero-order chi connectivity index (χ0) is 21.2. The largest absolute Gasteiger partial charge is 0.496 e. The van der Waals surface area contributed by atoms with Crippen molar-refractivity contribution >= 4 is 11.6 Å². The topological polar surface area (TPSA) is 42.0 Å². The summed E-state index contributed by atoms with van der Waals surface area (Å²) in [6.07, 6.45) is 0.678. The van der Waals surface area contributed by atoms with E-state index in [1.165, 1.54) is 0 Å². The number of ether oxygens (including phenoxy) is 2. The Morgan fingerprint density at radius 1 is 0.935 bits per heavy atom. The standard InChI is InChI=1S/C26H26N2O3/c1-30-24-13-7-5-11-20(24)17-27-18-21-15-23(27)26(29)28(16-19-9-3-2-4-10-19)22-12-6-8-14-25(22)31-21/h2-14,21,23H,15-18H2,1H3/t21-,23-/m0/s1. The van der Waals surface area contributed by atoms with Crippen molar-refractivity contribution in [3.05, 3.63) is 90.0 Å². The van der Waals surface area contributed by atoms with Crippen LogP contribution in [0.15, 0.2) is 78.9 Å². The first-order valence-electron chi connectivity index (χ1n) is 10.7. The minimum atomic E-state index is -0.230. The van der Waals surface area contributed by atoms with Gasteiger partial charge in [-0.05, 0) is 23.8 Å². The quantitative estimate of drug-likeness (QED) is 0.626. The van der Waals surface area contributed by atoms with Crippen LogP contribution in [0.1, 0.15) is 17.5 Å². The molecule has 0 radical (unpaired) electrons. The molecule has 3 aromatic carbocycles. The van der Waals surface area contributed by atoms with Gasteiger partial charge in [-0.3, -0.25) is 9.69 Å². The van der Waals surface area contributed by atoms with Gasteiger partial charge in [0.1, 0.15) is 17.6 Å². The third kappa shape index (κ3) is 3.89. The van der Waals surface area contributed by atoms with Crippen LogP contribution in [0.25, 0.3) is 0 Å². The molecule has 158 valence electrons. The Labute approximate surface area is 182 Å². The molecule has 2 bridgehead atoms. The van der Waals surface area contributed by atoms with Crippen molar-refractivity contribution in [1.82, 2.24) is 4.90 Å². The molecule has 31 heavy (non-hydrogen) atoms. The van der Waals surface area contributed by atoms with E-state index >= 15 is 0 Å². The van der Waals surface area contributed by atoms with Gasteiger partial charge in [-0.1, -0.05) is 60.7 Å². The van der Waals surface area contributed by atoms with Gasteiger partial charge in [0, 0.05) is 25.1 Å². The number of hydrogen-bond donors (Lipinski definition) is 0. The lowest BCUT2D eigenvalue weighted by molar-refractivity contribution is -0.123. The van der Waals surface area contributed by atoms with Crippen LogP contribution < -0.4 is 14.4 Å². The SMILES string of the molecule is COc1ccccc1CN1C[C@@H]2C[C@H]1C(=O)N(Cc1ccccc1)c1ccccc1O2. The maximum Gasteiger partial charge on any atom is 0.244 e. The summed E-state index contributed by atoms with van der Waals surface area (Å²) in [5.74, 6) is 1.74. The van der Waals surface area contributed by atoms with E-state index in [-0.39, 0.29) is 18.1 Å². The van der Waals surface area contributed by atoms with Gasteiger partial charge >= 0.3 is 0 Å². The summed E-state index contributed by atoms with van der Waals surface area (Å²) in [5.41, 5.74) is 3.01. The minimum absolute atomic E-state index is 0.0105. The van der Waals surface area contributed by atoms with Crippen molar-refractivity contribution in [3.8, 4) is 11.5 Å². The fourth-order valence-corrected chi connectivity index (χ4v) is 4.62. The highest BCUT2D eigenvalue weighted by Crippen LogP contribution is 2.37. The van der Waals surface area contributed by atoms with E-state index in [2.05, 4.69) is 23.1 Å². The number of carbonyl (C=O) groups is 1. The third-order valence-electron chi connectivity index (χ3n) is 6.12. The molecule has 3 aromatic rings. The van der Waals surface area contributed by atoms with Crippen LogP contribution in [0.4, 0.5) is 5.69 Å². The van der Waals surface area contributed by atoms with Crippen LogP contribution in [0.2, 0.25) is 0 Å². The molecule has 0 N–H and O–H groups in total. The maximum absolute atomic E-state index is 13.9. The van der Waals surface area contributed by atoms with Crippen LogP contribution in [0, 0.1) is 0 Å². The minimum Gasteiger partial charge on any atom is -0.496 e. The van der Waals surface area contributed by atoms with Crippen LogP contribution in [-0.4, -0.2) is 36.6 Å². The van der Waals surface area contributed by atoms with Crippen LogP contribution in [0.3, 0.4) is 0 Å². The highest BCUT2D eigenvalue weighted by Gasteiger charge is 2.43. The van der Waals surface area contributed by atoms with Crippen molar-refractivity contribution in [2.45, 2.75) is 31.7 Å². The number of nitrogens with zero attached hydrogens (tertiary/aromatic N) is 2. The Bertz CT molecular complexity index is 1070. The Hall–Kier alpha value is -3.31. The molecule has 2 aliphatic heterocycles. The highest BCUT2D eigenvalue weighted by atomic mass is 16.5. The summed E-state index contributed by atoms with van der Waals surface area (Å²) in [6.45, 7) is 1.88. The Morgan fingerprint density at radius 3 is 2.52 bits per heavy atom. The van der Waals surface area contributed by atoms with Crippen molar-refractivity contribution < 1.29 is 14.3 Å². The molecule has 1 fully saturated rings. The van der Waals surface area contributed by atoms with E-state index in [4.69, 9.17) is 9.47 Å². The van der Waals surface area contributed by atoms with E-state index < -0.39 is 0 Å². The number of rotatable bonds is 5. The molecule has 2 atom stereocenters. The first-order valence-corrected chi connectivity index (χ1v) is 10.7. The second-order valence-electron chi connectivity index (χ2n) is 8.11. The summed E-state index contributed by atoms with van der Waals surface area (Å²) in [4.78, 5) is 18.0. The number of fused-ring (bicyclic) bond motifs is 3. The van der Waals surface area contributed by atoms with E-state index in [1.807, 2.05) is 65.6 Å². The Morgan fingerprint density at radius 2 is 1.68 bits per heavy atom. The van der Waals surface area contributed by atoms with Gasteiger partial charge in [0.15, 0.2) is 0 Å². The average molecular weight is 415 g/mol. The summed E-state index contributed by atoms with van der Waals surface area (Å²) in [7, 11) is 1.68. The van der Waals surface area contributed by atoms with E-state index in [1.54, 1.807) is 7.11 Å². The first kappa shape index (κ1) is 19.6. The van der Waals surface area contributed by atoms with Crippen LogP contribution in [0.5, 0.6) is 11.5 Å². The van der Waals surface area contributed by atoms with Gasteiger partial charge in [0.2, 0.25) is 5.91 Å². The zero-order valence-corrected chi connectivity index (χ0v) is 17.6. The third-order valence-corrected chi connectivity index (χ3v) is 6.12. The van der Waals surface area contributed by atoms with E-state index in [9.17, 15) is 4.79 Å². The fraction of sp³-hybridized carbons (Fsp3) is 0.269. The Balaban J connectivity index is 1.49. The normalized spacial score (nSPS) is 20.5. The van der Waals surface area contributed by atoms with Crippen LogP contribution in [-0.2, 0) is 17.9 Å². The van der Waals surface area contributed by atoms with Crippen molar-refractivity contribution in [2.75, 3.05) is 18.6 Å². The molecule has 0 unspecified atom stereocenters. The Kier molecular flexibility index (Phi) is 5.35. The number of hydrogen-bond acceptors (Lipinski definition) is 4. The van der Waals surface area contributed by atoms with Gasteiger partial charge in [0.25, 0.3) is 0 Å². The second-order valence-corrected chi connectivity index (χ2v) is 8.11. The fourth-order valence-electron chi connectivity index (χ4n) is 4.62. The molecule has 1 saturated heterocycles. The highest BCUT2D eigenvalue weighted by molar-refractivity contribution is 5.99. The second kappa shape index (κ2) is 8.44. The maximum atomic E-state index is 13.9. The lowest BCUT2D eigenvalue weighted by Gasteiger charge is -2.32. The van der Waals surface area contributed by atoms with Gasteiger partial charge in [0.05, 0.1) is 25.4 Å².